The molecule has 1 aromatic heterocycles. The molecule has 0 spiro atoms. The Kier molecular flexibility index (Phi) is 3.45. The van der Waals surface area contributed by atoms with Crippen LogP contribution in [-0.2, 0) is 0 Å². The van der Waals surface area contributed by atoms with Gasteiger partial charge in [-0.05, 0) is 56.0 Å². The van der Waals surface area contributed by atoms with Gasteiger partial charge in [0.25, 0.3) is 5.91 Å². The van der Waals surface area contributed by atoms with Crippen molar-refractivity contribution >= 4 is 5.91 Å². The van der Waals surface area contributed by atoms with Crippen molar-refractivity contribution in [3.8, 4) is 11.3 Å². The molecule has 2 bridgehead atoms. The van der Waals surface area contributed by atoms with Crippen LogP contribution in [0.25, 0.3) is 11.3 Å². The molecule has 3 heterocycles. The highest BCUT2D eigenvalue weighted by Crippen LogP contribution is 2.29. The zero-order chi connectivity index (χ0) is 16.0. The van der Waals surface area contributed by atoms with E-state index >= 15 is 0 Å². The van der Waals surface area contributed by atoms with Crippen LogP contribution in [0, 0.1) is 12.7 Å². The molecule has 0 saturated carbocycles. The molecule has 0 unspecified atom stereocenters. The molecule has 23 heavy (non-hydrogen) atoms. The summed E-state index contributed by atoms with van der Waals surface area (Å²) in [4.78, 5) is 12.3. The lowest BCUT2D eigenvalue weighted by molar-refractivity contribution is 0.0903. The number of halogens is 1. The summed E-state index contributed by atoms with van der Waals surface area (Å²) < 4.78 is 19.6. The summed E-state index contributed by atoms with van der Waals surface area (Å²) in [5.41, 5.74) is 1.22. The molecule has 4 nitrogen and oxygen atoms in total. The van der Waals surface area contributed by atoms with Crippen LogP contribution in [0.15, 0.2) is 34.7 Å². The van der Waals surface area contributed by atoms with Crippen molar-refractivity contribution in [2.75, 3.05) is 0 Å². The molecular weight excluding hydrogens is 295 g/mol. The van der Waals surface area contributed by atoms with Gasteiger partial charge in [-0.1, -0.05) is 6.07 Å². The van der Waals surface area contributed by atoms with Gasteiger partial charge in [0.2, 0.25) is 0 Å². The third-order valence-electron chi connectivity index (χ3n) is 4.84. The van der Waals surface area contributed by atoms with Crippen molar-refractivity contribution in [1.82, 2.24) is 10.6 Å². The normalized spacial score (nSPS) is 25.7. The lowest BCUT2D eigenvalue weighted by atomic mass is 9.95. The smallest absolute Gasteiger partial charge is 0.287 e. The Balaban J connectivity index is 1.50. The highest BCUT2D eigenvalue weighted by molar-refractivity contribution is 5.92. The molecule has 0 radical (unpaired) electrons. The Hall–Kier alpha value is -2.14. The van der Waals surface area contributed by atoms with E-state index in [1.807, 2.05) is 13.0 Å². The number of fused-ring (bicyclic) bond motifs is 2. The molecule has 5 heteroatoms. The summed E-state index contributed by atoms with van der Waals surface area (Å²) >= 11 is 0. The first-order valence-corrected chi connectivity index (χ1v) is 8.03. The van der Waals surface area contributed by atoms with Gasteiger partial charge in [-0.15, -0.1) is 0 Å². The van der Waals surface area contributed by atoms with E-state index in [1.54, 1.807) is 18.2 Å². The quantitative estimate of drug-likeness (QED) is 0.915. The highest BCUT2D eigenvalue weighted by Gasteiger charge is 2.39. The molecule has 2 aliphatic heterocycles. The summed E-state index contributed by atoms with van der Waals surface area (Å²) in [6, 6.07) is 9.25. The van der Waals surface area contributed by atoms with Crippen molar-refractivity contribution in [1.29, 1.82) is 0 Å². The first-order valence-electron chi connectivity index (χ1n) is 8.03. The minimum Gasteiger partial charge on any atom is -0.451 e. The second-order valence-electron chi connectivity index (χ2n) is 6.51. The molecule has 1 amide bonds. The Morgan fingerprint density at radius 2 is 2.17 bits per heavy atom. The lowest BCUT2D eigenvalue weighted by Crippen LogP contribution is -2.42. The first kappa shape index (κ1) is 14.5. The highest BCUT2D eigenvalue weighted by atomic mass is 19.1. The number of benzene rings is 1. The third-order valence-corrected chi connectivity index (χ3v) is 4.84. The fourth-order valence-electron chi connectivity index (χ4n) is 3.65. The van der Waals surface area contributed by atoms with Crippen LogP contribution in [-0.4, -0.2) is 24.0 Å². The third kappa shape index (κ3) is 2.65. The van der Waals surface area contributed by atoms with E-state index in [1.165, 1.54) is 12.5 Å². The van der Waals surface area contributed by atoms with Gasteiger partial charge in [0, 0.05) is 18.1 Å². The Bertz CT molecular complexity index is 755. The first-order chi connectivity index (χ1) is 11.1. The maximum Gasteiger partial charge on any atom is 0.287 e. The van der Waals surface area contributed by atoms with Crippen LogP contribution in [0.2, 0.25) is 0 Å². The Labute approximate surface area is 134 Å². The molecular formula is C18H19FN2O2. The van der Waals surface area contributed by atoms with Gasteiger partial charge in [0.1, 0.15) is 11.6 Å². The maximum absolute atomic E-state index is 14.0. The standard InChI is InChI=1S/C18H19FN2O2/c1-10-2-4-12(13(19)8-10)16-6-7-17(23-16)18(22)21-15-9-11-3-5-14(15)20-11/h2,4,6-8,11,14-15,20H,3,5,9H2,1H3,(H,21,22)/t11-,14+,15-/m1/s1. The van der Waals surface area contributed by atoms with Crippen LogP contribution in [0.5, 0.6) is 0 Å². The zero-order valence-electron chi connectivity index (χ0n) is 12.9. The van der Waals surface area contributed by atoms with Gasteiger partial charge >= 0.3 is 0 Å². The summed E-state index contributed by atoms with van der Waals surface area (Å²) in [5, 5.41) is 6.51. The number of carbonyl (C=O) groups excluding carboxylic acids is 1. The second kappa shape index (κ2) is 5.49. The van der Waals surface area contributed by atoms with Crippen molar-refractivity contribution in [2.45, 2.75) is 44.3 Å². The minimum atomic E-state index is -0.344. The number of nitrogens with one attached hydrogen (secondary N) is 2. The van der Waals surface area contributed by atoms with E-state index in [-0.39, 0.29) is 23.5 Å². The van der Waals surface area contributed by atoms with E-state index in [9.17, 15) is 9.18 Å². The van der Waals surface area contributed by atoms with Gasteiger partial charge in [-0.2, -0.15) is 0 Å². The maximum atomic E-state index is 14.0. The number of hydrogen-bond acceptors (Lipinski definition) is 3. The minimum absolute atomic E-state index is 0.158. The average Bonchev–Trinajstić information content (AvgIpc) is 3.23. The monoisotopic (exact) mass is 314 g/mol. The molecule has 2 aromatic rings. The number of furan rings is 1. The van der Waals surface area contributed by atoms with E-state index < -0.39 is 0 Å². The molecule has 2 aliphatic rings. The molecule has 1 aromatic carbocycles. The number of rotatable bonds is 3. The Morgan fingerprint density at radius 3 is 2.87 bits per heavy atom. The van der Waals surface area contributed by atoms with Crippen LogP contribution in [0.3, 0.4) is 0 Å². The molecule has 3 atom stereocenters. The fourth-order valence-corrected chi connectivity index (χ4v) is 3.65. The van der Waals surface area contributed by atoms with E-state index in [0.717, 1.165) is 18.4 Å². The molecule has 120 valence electrons. The molecule has 2 fully saturated rings. The fraction of sp³-hybridized carbons (Fsp3) is 0.389. The van der Waals surface area contributed by atoms with Gasteiger partial charge in [0.05, 0.1) is 5.56 Å². The number of amides is 1. The Morgan fingerprint density at radius 1 is 1.30 bits per heavy atom. The summed E-state index contributed by atoms with van der Waals surface area (Å²) in [7, 11) is 0. The largest absolute Gasteiger partial charge is 0.451 e. The molecule has 0 aliphatic carbocycles. The van der Waals surface area contributed by atoms with Gasteiger partial charge in [-0.3, -0.25) is 4.79 Å². The predicted octanol–water partition coefficient (Wildman–Crippen LogP) is 3.02. The summed E-state index contributed by atoms with van der Waals surface area (Å²) in [5.74, 6) is 0.0215. The van der Waals surface area contributed by atoms with E-state index in [2.05, 4.69) is 10.6 Å². The van der Waals surface area contributed by atoms with Crippen LogP contribution in [0.4, 0.5) is 4.39 Å². The van der Waals surface area contributed by atoms with E-state index in [0.29, 0.717) is 23.4 Å². The van der Waals surface area contributed by atoms with Crippen molar-refractivity contribution in [2.24, 2.45) is 0 Å². The summed E-state index contributed by atoms with van der Waals surface area (Å²) in [6.07, 6.45) is 3.26. The predicted molar refractivity (Wildman–Crippen MR) is 84.7 cm³/mol. The van der Waals surface area contributed by atoms with Crippen LogP contribution >= 0.6 is 0 Å². The van der Waals surface area contributed by atoms with Crippen LogP contribution < -0.4 is 10.6 Å². The number of aryl methyl sites for hydroxylation is 1. The second-order valence-corrected chi connectivity index (χ2v) is 6.51. The van der Waals surface area contributed by atoms with Gasteiger partial charge < -0.3 is 15.1 Å². The topological polar surface area (TPSA) is 54.3 Å². The number of carbonyl (C=O) groups is 1. The van der Waals surface area contributed by atoms with Crippen LogP contribution in [0.1, 0.15) is 35.4 Å². The zero-order valence-corrected chi connectivity index (χ0v) is 12.9. The van der Waals surface area contributed by atoms with Crippen molar-refractivity contribution < 1.29 is 13.6 Å². The van der Waals surface area contributed by atoms with Gasteiger partial charge in [0.15, 0.2) is 5.76 Å². The van der Waals surface area contributed by atoms with E-state index in [4.69, 9.17) is 4.42 Å². The molecule has 4 rings (SSSR count). The SMILES string of the molecule is Cc1ccc(-c2ccc(C(=O)N[C@@H]3C[C@H]4CC[C@@H]3N4)o2)c(F)c1. The van der Waals surface area contributed by atoms with Crippen molar-refractivity contribution in [3.63, 3.8) is 0 Å². The lowest BCUT2D eigenvalue weighted by Gasteiger charge is -2.20. The number of hydrogen-bond donors (Lipinski definition) is 2. The van der Waals surface area contributed by atoms with Crippen molar-refractivity contribution in [3.05, 3.63) is 47.5 Å². The average molecular weight is 314 g/mol. The van der Waals surface area contributed by atoms with Gasteiger partial charge in [-0.25, -0.2) is 4.39 Å². The molecule has 2 N–H and O–H groups in total. The summed E-state index contributed by atoms with van der Waals surface area (Å²) in [6.45, 7) is 1.83. The molecule has 2 saturated heterocycles.